The van der Waals surface area contributed by atoms with E-state index in [1.54, 1.807) is 6.92 Å². The van der Waals surface area contributed by atoms with Gasteiger partial charge in [-0.25, -0.2) is 5.43 Å². The van der Waals surface area contributed by atoms with Gasteiger partial charge in [-0.15, -0.1) is 10.2 Å². The van der Waals surface area contributed by atoms with Crippen LogP contribution in [0.25, 0.3) is 0 Å². The fourth-order valence-electron chi connectivity index (χ4n) is 1.66. The number of hydrazone groups is 1. The number of hydrogen-bond acceptors (Lipinski definition) is 6. The Morgan fingerprint density at radius 2 is 2.05 bits per heavy atom. The molecule has 7 nitrogen and oxygen atoms in total. The number of aromatic amines is 1. The topological polar surface area (TPSA) is 92.3 Å². The summed E-state index contributed by atoms with van der Waals surface area (Å²) in [6.45, 7) is 6.21. The SMILES string of the molecule is CCCOc1ccc(/C(C)=N\Nc2nnc(C)c(=O)[nH]2)cc1. The first kappa shape index (κ1) is 15.7. The summed E-state index contributed by atoms with van der Waals surface area (Å²) in [5, 5.41) is 11.7. The molecule has 0 atom stereocenters. The molecule has 0 bridgehead atoms. The largest absolute Gasteiger partial charge is 0.494 e. The molecule has 0 amide bonds. The molecule has 0 fully saturated rings. The summed E-state index contributed by atoms with van der Waals surface area (Å²) < 4.78 is 5.53. The molecule has 2 rings (SSSR count). The van der Waals surface area contributed by atoms with Gasteiger partial charge in [0.15, 0.2) is 0 Å². The van der Waals surface area contributed by atoms with Crippen molar-refractivity contribution < 1.29 is 4.74 Å². The van der Waals surface area contributed by atoms with E-state index in [0.29, 0.717) is 12.3 Å². The number of nitrogens with zero attached hydrogens (tertiary/aromatic N) is 3. The predicted molar refractivity (Wildman–Crippen MR) is 85.5 cm³/mol. The molecular weight excluding hydrogens is 282 g/mol. The lowest BCUT2D eigenvalue weighted by atomic mass is 10.1. The van der Waals surface area contributed by atoms with Crippen molar-refractivity contribution in [3.05, 3.63) is 45.9 Å². The maximum absolute atomic E-state index is 11.4. The van der Waals surface area contributed by atoms with Crippen molar-refractivity contribution in [1.82, 2.24) is 15.2 Å². The Kier molecular flexibility index (Phi) is 5.24. The third-order valence-electron chi connectivity index (χ3n) is 2.93. The van der Waals surface area contributed by atoms with Gasteiger partial charge in [-0.2, -0.15) is 5.10 Å². The highest BCUT2D eigenvalue weighted by Crippen LogP contribution is 2.13. The summed E-state index contributed by atoms with van der Waals surface area (Å²) in [5.74, 6) is 1.04. The molecule has 22 heavy (non-hydrogen) atoms. The van der Waals surface area contributed by atoms with E-state index in [9.17, 15) is 4.79 Å². The van der Waals surface area contributed by atoms with Crippen LogP contribution in [0.2, 0.25) is 0 Å². The van der Waals surface area contributed by atoms with Gasteiger partial charge in [0.25, 0.3) is 5.56 Å². The lowest BCUT2D eigenvalue weighted by molar-refractivity contribution is 0.317. The van der Waals surface area contributed by atoms with Gasteiger partial charge in [0.1, 0.15) is 11.4 Å². The molecule has 0 saturated heterocycles. The molecule has 0 unspecified atom stereocenters. The summed E-state index contributed by atoms with van der Waals surface area (Å²) in [6.07, 6.45) is 0.974. The van der Waals surface area contributed by atoms with Crippen LogP contribution in [0.3, 0.4) is 0 Å². The van der Waals surface area contributed by atoms with Crippen LogP contribution in [-0.4, -0.2) is 27.5 Å². The molecule has 0 spiro atoms. The quantitative estimate of drug-likeness (QED) is 0.629. The number of rotatable bonds is 6. The molecule has 2 aromatic rings. The number of aromatic nitrogens is 3. The maximum atomic E-state index is 11.4. The molecule has 0 aliphatic heterocycles. The number of H-pyrrole nitrogens is 1. The van der Waals surface area contributed by atoms with Crippen LogP contribution < -0.4 is 15.7 Å². The zero-order chi connectivity index (χ0) is 15.9. The van der Waals surface area contributed by atoms with Gasteiger partial charge in [-0.05, 0) is 50.1 Å². The first-order valence-corrected chi connectivity index (χ1v) is 7.07. The zero-order valence-corrected chi connectivity index (χ0v) is 12.9. The lowest BCUT2D eigenvalue weighted by Crippen LogP contribution is -2.16. The lowest BCUT2D eigenvalue weighted by Gasteiger charge is -2.06. The summed E-state index contributed by atoms with van der Waals surface area (Å²) in [5.41, 5.74) is 4.41. The highest BCUT2D eigenvalue weighted by molar-refractivity contribution is 5.99. The van der Waals surface area contributed by atoms with Gasteiger partial charge in [0, 0.05) is 0 Å². The predicted octanol–water partition coefficient (Wildman–Crippen LogP) is 2.10. The maximum Gasteiger partial charge on any atom is 0.274 e. The monoisotopic (exact) mass is 301 g/mol. The van der Waals surface area contributed by atoms with Gasteiger partial charge >= 0.3 is 0 Å². The summed E-state index contributed by atoms with van der Waals surface area (Å²) >= 11 is 0. The Morgan fingerprint density at radius 3 is 2.68 bits per heavy atom. The number of hydrogen-bond donors (Lipinski definition) is 2. The first-order chi connectivity index (χ1) is 10.6. The second-order valence-electron chi connectivity index (χ2n) is 4.77. The number of aryl methyl sites for hydroxylation is 1. The molecule has 0 radical (unpaired) electrons. The van der Waals surface area contributed by atoms with Crippen molar-refractivity contribution in [3.8, 4) is 5.75 Å². The molecule has 1 aromatic heterocycles. The van der Waals surface area contributed by atoms with Crippen LogP contribution >= 0.6 is 0 Å². The highest BCUT2D eigenvalue weighted by atomic mass is 16.5. The molecule has 7 heteroatoms. The second kappa shape index (κ2) is 7.35. The van der Waals surface area contributed by atoms with E-state index in [2.05, 4.69) is 32.6 Å². The van der Waals surface area contributed by atoms with Crippen LogP contribution in [0.1, 0.15) is 31.5 Å². The smallest absolute Gasteiger partial charge is 0.274 e. The van der Waals surface area contributed by atoms with Crippen molar-refractivity contribution in [2.75, 3.05) is 12.0 Å². The van der Waals surface area contributed by atoms with Crippen LogP contribution in [0, 0.1) is 6.92 Å². The Bertz CT molecular complexity index is 707. The number of anilines is 1. The minimum Gasteiger partial charge on any atom is -0.494 e. The molecule has 1 heterocycles. The highest BCUT2D eigenvalue weighted by Gasteiger charge is 2.01. The first-order valence-electron chi connectivity index (χ1n) is 7.07. The minimum atomic E-state index is -0.289. The van der Waals surface area contributed by atoms with E-state index in [4.69, 9.17) is 4.74 Å². The Morgan fingerprint density at radius 1 is 1.32 bits per heavy atom. The third kappa shape index (κ3) is 4.15. The van der Waals surface area contributed by atoms with Crippen molar-refractivity contribution in [2.24, 2.45) is 5.10 Å². The van der Waals surface area contributed by atoms with E-state index in [0.717, 1.165) is 23.4 Å². The van der Waals surface area contributed by atoms with Crippen LogP contribution in [0.4, 0.5) is 5.95 Å². The van der Waals surface area contributed by atoms with Crippen molar-refractivity contribution >= 4 is 11.7 Å². The zero-order valence-electron chi connectivity index (χ0n) is 12.9. The normalized spacial score (nSPS) is 11.3. The average Bonchev–Trinajstić information content (AvgIpc) is 2.54. The number of nitrogens with one attached hydrogen (secondary N) is 2. The number of benzene rings is 1. The molecule has 1 aromatic carbocycles. The third-order valence-corrected chi connectivity index (χ3v) is 2.93. The average molecular weight is 301 g/mol. The number of ether oxygens (including phenoxy) is 1. The van der Waals surface area contributed by atoms with Crippen LogP contribution in [-0.2, 0) is 0 Å². The van der Waals surface area contributed by atoms with Crippen molar-refractivity contribution in [1.29, 1.82) is 0 Å². The fraction of sp³-hybridized carbons (Fsp3) is 0.333. The summed E-state index contributed by atoms with van der Waals surface area (Å²) in [4.78, 5) is 14.0. The van der Waals surface area contributed by atoms with E-state index >= 15 is 0 Å². The molecular formula is C15H19N5O2. The van der Waals surface area contributed by atoms with E-state index in [-0.39, 0.29) is 11.5 Å². The van der Waals surface area contributed by atoms with Crippen LogP contribution in [0.5, 0.6) is 5.75 Å². The van der Waals surface area contributed by atoms with Gasteiger partial charge in [0.2, 0.25) is 5.95 Å². The minimum absolute atomic E-state index is 0.206. The molecule has 0 aliphatic carbocycles. The Hall–Kier alpha value is -2.70. The molecule has 116 valence electrons. The van der Waals surface area contributed by atoms with Gasteiger partial charge in [0.05, 0.1) is 12.3 Å². The Labute approximate surface area is 128 Å². The van der Waals surface area contributed by atoms with Crippen LogP contribution in [0.15, 0.2) is 34.2 Å². The molecule has 0 aliphatic rings. The summed E-state index contributed by atoms with van der Waals surface area (Å²) in [6, 6.07) is 7.65. The summed E-state index contributed by atoms with van der Waals surface area (Å²) in [7, 11) is 0. The Balaban J connectivity index is 2.05. The molecule has 0 saturated carbocycles. The second-order valence-corrected chi connectivity index (χ2v) is 4.77. The van der Waals surface area contributed by atoms with Crippen molar-refractivity contribution in [2.45, 2.75) is 27.2 Å². The fourth-order valence-corrected chi connectivity index (χ4v) is 1.66. The van der Waals surface area contributed by atoms with Crippen molar-refractivity contribution in [3.63, 3.8) is 0 Å². The van der Waals surface area contributed by atoms with Gasteiger partial charge in [-0.3, -0.25) is 9.78 Å². The molecule has 2 N–H and O–H groups in total. The van der Waals surface area contributed by atoms with E-state index < -0.39 is 0 Å². The van der Waals surface area contributed by atoms with E-state index in [1.807, 2.05) is 31.2 Å². The van der Waals surface area contributed by atoms with E-state index in [1.165, 1.54) is 0 Å². The standard InChI is InChI=1S/C15H19N5O2/c1-4-9-22-13-7-5-12(6-8-13)10(2)17-19-15-16-14(21)11(3)18-20-15/h5-8H,4,9H2,1-3H3,(H2,16,19,20,21)/b17-10-. The van der Waals surface area contributed by atoms with Gasteiger partial charge < -0.3 is 4.74 Å². The van der Waals surface area contributed by atoms with Gasteiger partial charge in [-0.1, -0.05) is 6.92 Å².